The first kappa shape index (κ1) is 21.1. The predicted octanol–water partition coefficient (Wildman–Crippen LogP) is 3.45. The first-order valence-electron chi connectivity index (χ1n) is 8.32. The van der Waals surface area contributed by atoms with E-state index in [2.05, 4.69) is 48.4 Å². The molecule has 0 saturated carbocycles. The zero-order chi connectivity index (χ0) is 19.5. The third kappa shape index (κ3) is 6.18. The van der Waals surface area contributed by atoms with E-state index in [-0.39, 0.29) is 5.91 Å². The van der Waals surface area contributed by atoms with Crippen molar-refractivity contribution in [1.29, 1.82) is 0 Å². The standard InChI is InChI=1S/C12H13N3O.C8H10.CH4O/c1-9-14-11(12(16)13-2)8-15(9)10-6-4-3-5-7-10;1-7-3-5-8(2)6-4-7;1-2/h3-8H,1-2H3,(H,13,16);3-6H,1-2H3;2H,1H3. The van der Waals surface area contributed by atoms with Crippen LogP contribution >= 0.6 is 0 Å². The molecule has 2 N–H and O–H groups in total. The number of imidazole rings is 1. The molecule has 0 aliphatic rings. The van der Waals surface area contributed by atoms with Gasteiger partial charge in [0.15, 0.2) is 0 Å². The number of aryl methyl sites for hydroxylation is 3. The number of aliphatic hydroxyl groups is 1. The Kier molecular flexibility index (Phi) is 8.81. The van der Waals surface area contributed by atoms with Crippen LogP contribution in [0.1, 0.15) is 27.4 Å². The SMILES string of the molecule is CNC(=O)c1cn(-c2ccccc2)c(C)n1.CO.Cc1ccc(C)cc1. The van der Waals surface area contributed by atoms with E-state index in [4.69, 9.17) is 5.11 Å². The lowest BCUT2D eigenvalue weighted by atomic mass is 10.2. The van der Waals surface area contributed by atoms with Gasteiger partial charge < -0.3 is 15.0 Å². The zero-order valence-electron chi connectivity index (χ0n) is 16.0. The number of carbonyl (C=O) groups is 1. The zero-order valence-corrected chi connectivity index (χ0v) is 16.0. The predicted molar refractivity (Wildman–Crippen MR) is 106 cm³/mol. The Labute approximate surface area is 155 Å². The fourth-order valence-corrected chi connectivity index (χ4v) is 2.20. The molecule has 1 aromatic heterocycles. The quantitative estimate of drug-likeness (QED) is 0.741. The Balaban J connectivity index is 0.000000284. The molecule has 5 heteroatoms. The van der Waals surface area contributed by atoms with Gasteiger partial charge in [-0.2, -0.15) is 0 Å². The fourth-order valence-electron chi connectivity index (χ4n) is 2.20. The largest absolute Gasteiger partial charge is 0.400 e. The van der Waals surface area contributed by atoms with Crippen molar-refractivity contribution in [2.24, 2.45) is 0 Å². The van der Waals surface area contributed by atoms with E-state index in [0.717, 1.165) is 18.6 Å². The van der Waals surface area contributed by atoms with Gasteiger partial charge in [0.1, 0.15) is 11.5 Å². The van der Waals surface area contributed by atoms with E-state index in [1.165, 1.54) is 11.1 Å². The molecule has 3 rings (SSSR count). The Morgan fingerprint density at radius 1 is 0.923 bits per heavy atom. The number of aromatic nitrogens is 2. The molecule has 26 heavy (non-hydrogen) atoms. The monoisotopic (exact) mass is 353 g/mol. The summed E-state index contributed by atoms with van der Waals surface area (Å²) in [6, 6.07) is 18.3. The van der Waals surface area contributed by atoms with Gasteiger partial charge in [0.05, 0.1) is 0 Å². The van der Waals surface area contributed by atoms with E-state index in [0.29, 0.717) is 5.69 Å². The number of nitrogens with one attached hydrogen (secondary N) is 1. The first-order valence-corrected chi connectivity index (χ1v) is 8.32. The average Bonchev–Trinajstić information content (AvgIpc) is 3.08. The molecule has 0 fully saturated rings. The molecule has 3 aromatic rings. The highest BCUT2D eigenvalue weighted by atomic mass is 16.2. The number of carbonyl (C=O) groups excluding carboxylic acids is 1. The van der Waals surface area contributed by atoms with Gasteiger partial charge in [-0.25, -0.2) is 4.98 Å². The van der Waals surface area contributed by atoms with Crippen LogP contribution in [0.4, 0.5) is 0 Å². The van der Waals surface area contributed by atoms with E-state index >= 15 is 0 Å². The number of benzene rings is 2. The topological polar surface area (TPSA) is 67.2 Å². The summed E-state index contributed by atoms with van der Waals surface area (Å²) in [6.07, 6.45) is 1.74. The van der Waals surface area contributed by atoms with E-state index in [1.807, 2.05) is 41.8 Å². The molecule has 5 nitrogen and oxygen atoms in total. The molecule has 1 amide bonds. The Morgan fingerprint density at radius 2 is 1.42 bits per heavy atom. The number of rotatable bonds is 2. The van der Waals surface area contributed by atoms with Crippen LogP contribution in [0, 0.1) is 20.8 Å². The second-order valence-corrected chi connectivity index (χ2v) is 5.61. The van der Waals surface area contributed by atoms with Gasteiger partial charge in [0.2, 0.25) is 0 Å². The van der Waals surface area contributed by atoms with Gasteiger partial charge in [0, 0.05) is 26.0 Å². The summed E-state index contributed by atoms with van der Waals surface area (Å²) in [5.74, 6) is 0.627. The molecule has 0 aliphatic heterocycles. The molecule has 0 aliphatic carbocycles. The van der Waals surface area contributed by atoms with E-state index < -0.39 is 0 Å². The third-order valence-corrected chi connectivity index (χ3v) is 3.59. The molecule has 0 radical (unpaired) electrons. The minimum atomic E-state index is -0.169. The first-order chi connectivity index (χ1) is 12.5. The highest BCUT2D eigenvalue weighted by molar-refractivity contribution is 5.92. The van der Waals surface area contributed by atoms with Crippen LogP contribution in [0.25, 0.3) is 5.69 Å². The van der Waals surface area contributed by atoms with Crippen molar-refractivity contribution in [1.82, 2.24) is 14.9 Å². The summed E-state index contributed by atoms with van der Waals surface area (Å²) >= 11 is 0. The lowest BCUT2D eigenvalue weighted by Gasteiger charge is -2.02. The van der Waals surface area contributed by atoms with Crippen molar-refractivity contribution in [3.05, 3.63) is 83.4 Å². The molecule has 0 saturated heterocycles. The van der Waals surface area contributed by atoms with E-state index in [9.17, 15) is 4.79 Å². The van der Waals surface area contributed by atoms with Crippen molar-refractivity contribution in [2.75, 3.05) is 14.2 Å². The number of hydrogen-bond acceptors (Lipinski definition) is 3. The summed E-state index contributed by atoms with van der Waals surface area (Å²) in [7, 11) is 2.60. The maximum atomic E-state index is 11.4. The number of hydrogen-bond donors (Lipinski definition) is 2. The summed E-state index contributed by atoms with van der Waals surface area (Å²) in [5, 5.41) is 9.56. The Hall–Kier alpha value is -2.92. The normalized spacial score (nSPS) is 9.31. The third-order valence-electron chi connectivity index (χ3n) is 3.59. The summed E-state index contributed by atoms with van der Waals surface area (Å²) < 4.78 is 1.89. The lowest BCUT2D eigenvalue weighted by molar-refractivity contribution is 0.0958. The Morgan fingerprint density at radius 3 is 1.88 bits per heavy atom. The minimum absolute atomic E-state index is 0.169. The second kappa shape index (κ2) is 10.8. The van der Waals surface area contributed by atoms with Crippen LogP contribution in [-0.4, -0.2) is 34.7 Å². The van der Waals surface area contributed by atoms with Crippen LogP contribution in [0.15, 0.2) is 60.8 Å². The van der Waals surface area contributed by atoms with Gasteiger partial charge in [-0.15, -0.1) is 0 Å². The van der Waals surface area contributed by atoms with Crippen LogP contribution in [0.5, 0.6) is 0 Å². The van der Waals surface area contributed by atoms with Crippen LogP contribution in [0.3, 0.4) is 0 Å². The van der Waals surface area contributed by atoms with Crippen LogP contribution in [-0.2, 0) is 0 Å². The Bertz CT molecular complexity index is 773. The highest BCUT2D eigenvalue weighted by Crippen LogP contribution is 2.11. The molecule has 138 valence electrons. The lowest BCUT2D eigenvalue weighted by Crippen LogP contribution is -2.18. The van der Waals surface area contributed by atoms with Gasteiger partial charge in [0.25, 0.3) is 5.91 Å². The van der Waals surface area contributed by atoms with Gasteiger partial charge in [-0.1, -0.05) is 53.6 Å². The van der Waals surface area contributed by atoms with Crippen molar-refractivity contribution in [3.8, 4) is 5.69 Å². The minimum Gasteiger partial charge on any atom is -0.400 e. The number of amides is 1. The van der Waals surface area contributed by atoms with Crippen LogP contribution in [0.2, 0.25) is 0 Å². The smallest absolute Gasteiger partial charge is 0.271 e. The highest BCUT2D eigenvalue weighted by Gasteiger charge is 2.10. The van der Waals surface area contributed by atoms with Crippen molar-refractivity contribution < 1.29 is 9.90 Å². The molecule has 0 atom stereocenters. The number of para-hydroxylation sites is 1. The summed E-state index contributed by atoms with van der Waals surface area (Å²) in [5.41, 5.74) is 4.10. The maximum absolute atomic E-state index is 11.4. The van der Waals surface area contributed by atoms with Crippen LogP contribution < -0.4 is 5.32 Å². The molecule has 0 spiro atoms. The average molecular weight is 353 g/mol. The fraction of sp³-hybridized carbons (Fsp3) is 0.238. The van der Waals surface area contributed by atoms with Gasteiger partial charge in [-0.3, -0.25) is 4.79 Å². The maximum Gasteiger partial charge on any atom is 0.271 e. The molecule has 2 aromatic carbocycles. The van der Waals surface area contributed by atoms with Gasteiger partial charge in [-0.05, 0) is 32.9 Å². The summed E-state index contributed by atoms with van der Waals surface area (Å²) in [6.45, 7) is 6.07. The molecule has 0 bridgehead atoms. The number of nitrogens with zero attached hydrogens (tertiary/aromatic N) is 2. The van der Waals surface area contributed by atoms with E-state index in [1.54, 1.807) is 13.2 Å². The summed E-state index contributed by atoms with van der Waals surface area (Å²) in [4.78, 5) is 15.6. The molecular weight excluding hydrogens is 326 g/mol. The van der Waals surface area contributed by atoms with Crippen molar-refractivity contribution in [3.63, 3.8) is 0 Å². The number of aliphatic hydroxyl groups excluding tert-OH is 1. The van der Waals surface area contributed by atoms with Gasteiger partial charge >= 0.3 is 0 Å². The molecular formula is C21H27N3O2. The molecule has 0 unspecified atom stereocenters. The molecule has 1 heterocycles. The second-order valence-electron chi connectivity index (χ2n) is 5.61. The van der Waals surface area contributed by atoms with Crippen molar-refractivity contribution >= 4 is 5.91 Å². The van der Waals surface area contributed by atoms with Crippen molar-refractivity contribution in [2.45, 2.75) is 20.8 Å².